The third-order valence-corrected chi connectivity index (χ3v) is 4.60. The summed E-state index contributed by atoms with van der Waals surface area (Å²) in [6, 6.07) is 13.7. The summed E-state index contributed by atoms with van der Waals surface area (Å²) in [5.74, 6) is -0.140. The van der Waals surface area contributed by atoms with Crippen LogP contribution in [0.3, 0.4) is 0 Å². The van der Waals surface area contributed by atoms with E-state index in [-0.39, 0.29) is 11.4 Å². The Labute approximate surface area is 138 Å². The Morgan fingerprint density at radius 2 is 1.91 bits per heavy atom. The van der Waals surface area contributed by atoms with Gasteiger partial charge < -0.3 is 0 Å². The van der Waals surface area contributed by atoms with Crippen LogP contribution in [-0.2, 0) is 15.8 Å². The number of benzene rings is 2. The Bertz CT molecular complexity index is 898. The summed E-state index contributed by atoms with van der Waals surface area (Å²) in [4.78, 5) is 0. The van der Waals surface area contributed by atoms with Crippen LogP contribution in [0.5, 0.6) is 0 Å². The smallest absolute Gasteiger partial charge is 0.236 e. The SMILES string of the molecule is O=S(=O)(Cc1ccccc1)Nc1cc(-n2cnnn2)ccc1Cl. The minimum atomic E-state index is -3.59. The lowest BCUT2D eigenvalue weighted by Gasteiger charge is -2.11. The molecule has 0 spiro atoms. The van der Waals surface area contributed by atoms with E-state index in [0.717, 1.165) is 0 Å². The molecule has 7 nitrogen and oxygen atoms in total. The maximum Gasteiger partial charge on any atom is 0.236 e. The maximum atomic E-state index is 12.3. The van der Waals surface area contributed by atoms with Gasteiger partial charge in [-0.15, -0.1) is 5.10 Å². The molecule has 1 aromatic heterocycles. The number of hydrogen-bond donors (Lipinski definition) is 1. The lowest BCUT2D eigenvalue weighted by Crippen LogP contribution is -2.15. The van der Waals surface area contributed by atoms with E-state index in [1.807, 2.05) is 6.07 Å². The summed E-state index contributed by atoms with van der Waals surface area (Å²) in [6.07, 6.45) is 1.41. The molecule has 3 rings (SSSR count). The summed E-state index contributed by atoms with van der Waals surface area (Å²) in [6.45, 7) is 0. The molecule has 0 saturated carbocycles. The quantitative estimate of drug-likeness (QED) is 0.763. The van der Waals surface area contributed by atoms with Crippen molar-refractivity contribution in [2.24, 2.45) is 0 Å². The highest BCUT2D eigenvalue weighted by molar-refractivity contribution is 7.91. The first-order chi connectivity index (χ1) is 11.0. The van der Waals surface area contributed by atoms with Crippen LogP contribution < -0.4 is 4.72 Å². The second kappa shape index (κ2) is 6.35. The van der Waals surface area contributed by atoms with Crippen molar-refractivity contribution in [3.63, 3.8) is 0 Å². The van der Waals surface area contributed by atoms with Gasteiger partial charge >= 0.3 is 0 Å². The summed E-state index contributed by atoms with van der Waals surface area (Å²) >= 11 is 6.08. The molecule has 1 heterocycles. The molecule has 0 aliphatic heterocycles. The lowest BCUT2D eigenvalue weighted by molar-refractivity contribution is 0.600. The first kappa shape index (κ1) is 15.4. The van der Waals surface area contributed by atoms with Gasteiger partial charge in [0.1, 0.15) is 6.33 Å². The van der Waals surface area contributed by atoms with Gasteiger partial charge in [0.05, 0.1) is 22.2 Å². The van der Waals surface area contributed by atoms with E-state index in [1.54, 1.807) is 42.5 Å². The Morgan fingerprint density at radius 1 is 1.13 bits per heavy atom. The fourth-order valence-electron chi connectivity index (χ4n) is 2.01. The van der Waals surface area contributed by atoms with Crippen LogP contribution in [0, 0.1) is 0 Å². The molecule has 3 aromatic rings. The standard InChI is InChI=1S/C14H12ClN5O2S/c15-13-7-6-12(20-10-16-18-19-20)8-14(13)17-23(21,22)9-11-4-2-1-3-5-11/h1-8,10,17H,9H2. The van der Waals surface area contributed by atoms with Gasteiger partial charge in [-0.05, 0) is 34.2 Å². The van der Waals surface area contributed by atoms with Gasteiger partial charge in [-0.3, -0.25) is 4.72 Å². The second-order valence-corrected chi connectivity index (χ2v) is 6.89. The monoisotopic (exact) mass is 349 g/mol. The van der Waals surface area contributed by atoms with Gasteiger partial charge in [-0.1, -0.05) is 41.9 Å². The van der Waals surface area contributed by atoms with E-state index in [0.29, 0.717) is 16.3 Å². The first-order valence-corrected chi connectivity index (χ1v) is 8.64. The molecule has 0 aliphatic rings. The molecular formula is C14H12ClN5O2S. The van der Waals surface area contributed by atoms with Crippen molar-refractivity contribution in [1.82, 2.24) is 20.2 Å². The molecule has 0 amide bonds. The van der Waals surface area contributed by atoms with E-state index >= 15 is 0 Å². The average Bonchev–Trinajstić information content (AvgIpc) is 3.04. The minimum Gasteiger partial charge on any atom is -0.282 e. The van der Waals surface area contributed by atoms with Crippen molar-refractivity contribution >= 4 is 27.3 Å². The van der Waals surface area contributed by atoms with E-state index in [2.05, 4.69) is 20.2 Å². The predicted octanol–water partition coefficient (Wildman–Crippen LogP) is 2.26. The number of rotatable bonds is 5. The molecule has 23 heavy (non-hydrogen) atoms. The van der Waals surface area contributed by atoms with Gasteiger partial charge in [0.15, 0.2) is 0 Å². The minimum absolute atomic E-state index is 0.140. The highest BCUT2D eigenvalue weighted by Crippen LogP contribution is 2.26. The van der Waals surface area contributed by atoms with Crippen LogP contribution in [0.4, 0.5) is 5.69 Å². The van der Waals surface area contributed by atoms with Crippen molar-refractivity contribution in [3.05, 3.63) is 65.4 Å². The fraction of sp³-hybridized carbons (Fsp3) is 0.0714. The van der Waals surface area contributed by atoms with Crippen LogP contribution in [0.1, 0.15) is 5.56 Å². The zero-order chi connectivity index (χ0) is 16.3. The molecule has 9 heteroatoms. The molecule has 118 valence electrons. The molecule has 0 bridgehead atoms. The zero-order valence-electron chi connectivity index (χ0n) is 11.8. The Balaban J connectivity index is 1.85. The van der Waals surface area contributed by atoms with Gasteiger partial charge in [0, 0.05) is 0 Å². The normalized spacial score (nSPS) is 11.3. The second-order valence-electron chi connectivity index (χ2n) is 4.77. The molecule has 0 aliphatic carbocycles. The van der Waals surface area contributed by atoms with Crippen molar-refractivity contribution < 1.29 is 8.42 Å². The molecule has 0 radical (unpaired) electrons. The molecule has 0 atom stereocenters. The average molecular weight is 350 g/mol. The number of tetrazole rings is 1. The fourth-order valence-corrected chi connectivity index (χ4v) is 3.44. The predicted molar refractivity (Wildman–Crippen MR) is 86.9 cm³/mol. The van der Waals surface area contributed by atoms with E-state index in [1.165, 1.54) is 11.0 Å². The van der Waals surface area contributed by atoms with E-state index in [9.17, 15) is 8.42 Å². The van der Waals surface area contributed by atoms with Crippen LogP contribution in [-0.4, -0.2) is 28.6 Å². The van der Waals surface area contributed by atoms with Crippen LogP contribution >= 0.6 is 11.6 Å². The number of halogens is 1. The lowest BCUT2D eigenvalue weighted by atomic mass is 10.2. The number of nitrogens with zero attached hydrogens (tertiary/aromatic N) is 4. The molecule has 1 N–H and O–H groups in total. The summed E-state index contributed by atoms with van der Waals surface area (Å²) in [7, 11) is -3.59. The molecule has 0 fully saturated rings. The maximum absolute atomic E-state index is 12.3. The number of hydrogen-bond acceptors (Lipinski definition) is 5. The molecular weight excluding hydrogens is 338 g/mol. The first-order valence-electron chi connectivity index (χ1n) is 6.61. The Kier molecular flexibility index (Phi) is 4.26. The third kappa shape index (κ3) is 3.85. The Hall–Kier alpha value is -2.45. The number of sulfonamides is 1. The van der Waals surface area contributed by atoms with Crippen LogP contribution in [0.15, 0.2) is 54.9 Å². The number of anilines is 1. The van der Waals surface area contributed by atoms with E-state index in [4.69, 9.17) is 11.6 Å². The highest BCUT2D eigenvalue weighted by atomic mass is 35.5. The topological polar surface area (TPSA) is 89.8 Å². The van der Waals surface area contributed by atoms with Crippen molar-refractivity contribution in [2.45, 2.75) is 5.75 Å². The largest absolute Gasteiger partial charge is 0.282 e. The van der Waals surface area contributed by atoms with Crippen LogP contribution in [0.2, 0.25) is 5.02 Å². The van der Waals surface area contributed by atoms with E-state index < -0.39 is 10.0 Å². The summed E-state index contributed by atoms with van der Waals surface area (Å²) < 4.78 is 28.5. The molecule has 0 unspecified atom stereocenters. The summed E-state index contributed by atoms with van der Waals surface area (Å²) in [5, 5.41) is 11.1. The van der Waals surface area contributed by atoms with Gasteiger partial charge in [0.25, 0.3) is 0 Å². The number of nitrogens with one attached hydrogen (secondary N) is 1. The van der Waals surface area contributed by atoms with Gasteiger partial charge in [-0.2, -0.15) is 0 Å². The van der Waals surface area contributed by atoms with Crippen molar-refractivity contribution in [3.8, 4) is 5.69 Å². The third-order valence-electron chi connectivity index (χ3n) is 3.03. The molecule has 2 aromatic carbocycles. The zero-order valence-corrected chi connectivity index (χ0v) is 13.4. The van der Waals surface area contributed by atoms with Crippen molar-refractivity contribution in [2.75, 3.05) is 4.72 Å². The highest BCUT2D eigenvalue weighted by Gasteiger charge is 2.14. The van der Waals surface area contributed by atoms with Crippen molar-refractivity contribution in [1.29, 1.82) is 0 Å². The number of aromatic nitrogens is 4. The molecule has 0 saturated heterocycles. The summed E-state index contributed by atoms with van der Waals surface area (Å²) in [5.41, 5.74) is 1.56. The van der Waals surface area contributed by atoms with Gasteiger partial charge in [-0.25, -0.2) is 13.1 Å². The Morgan fingerprint density at radius 3 is 2.61 bits per heavy atom. The van der Waals surface area contributed by atoms with Gasteiger partial charge in [0.2, 0.25) is 10.0 Å². The van der Waals surface area contributed by atoms with Crippen LogP contribution in [0.25, 0.3) is 5.69 Å².